The normalized spacial score (nSPS) is 11.7. The largest absolute Gasteiger partial charge is 0.494 e. The number of nitrogens with two attached hydrogens (primary N) is 1. The lowest BCUT2D eigenvalue weighted by Crippen LogP contribution is -2.37. The third-order valence-corrected chi connectivity index (χ3v) is 2.50. The molecule has 0 fully saturated rings. The van der Waals surface area contributed by atoms with E-state index in [9.17, 15) is 9.59 Å². The summed E-state index contributed by atoms with van der Waals surface area (Å²) in [6.45, 7) is 4.27. The van der Waals surface area contributed by atoms with Crippen LogP contribution in [0.15, 0.2) is 18.2 Å². The number of carbonyl (C=O) groups is 2. The molecule has 1 aromatic rings. The van der Waals surface area contributed by atoms with E-state index in [-0.39, 0.29) is 0 Å². The smallest absolute Gasteiger partial charge is 0.305 e. The van der Waals surface area contributed by atoms with Crippen LogP contribution >= 0.6 is 0 Å². The molecule has 0 aliphatic carbocycles. The number of carboxylic acids is 1. The number of rotatable bonds is 6. The molecule has 19 heavy (non-hydrogen) atoms. The minimum Gasteiger partial charge on any atom is -0.494 e. The van der Waals surface area contributed by atoms with E-state index in [0.717, 1.165) is 5.56 Å². The van der Waals surface area contributed by atoms with Gasteiger partial charge in [0.15, 0.2) is 0 Å². The molecule has 0 bridgehead atoms. The van der Waals surface area contributed by atoms with Crippen LogP contribution in [0.3, 0.4) is 0 Å². The van der Waals surface area contributed by atoms with Crippen molar-refractivity contribution in [2.24, 2.45) is 5.73 Å². The van der Waals surface area contributed by atoms with Gasteiger partial charge in [-0.25, -0.2) is 0 Å². The first-order valence-corrected chi connectivity index (χ1v) is 5.95. The number of hydrogen-bond acceptors (Lipinski definition) is 4. The summed E-state index contributed by atoms with van der Waals surface area (Å²) in [5.74, 6) is -0.909. The Morgan fingerprint density at radius 1 is 1.47 bits per heavy atom. The van der Waals surface area contributed by atoms with Gasteiger partial charge < -0.3 is 20.9 Å². The highest BCUT2D eigenvalue weighted by atomic mass is 16.5. The fourth-order valence-electron chi connectivity index (χ4n) is 1.54. The molecule has 0 spiro atoms. The number of amides is 1. The van der Waals surface area contributed by atoms with E-state index in [2.05, 4.69) is 5.32 Å². The third-order valence-electron chi connectivity index (χ3n) is 2.50. The SMILES string of the molecule is CCOc1ccc(NC(=O)C(N)CC(=O)O)c(C)c1. The molecule has 1 atom stereocenters. The second kappa shape index (κ2) is 6.75. The topological polar surface area (TPSA) is 102 Å². The van der Waals surface area contributed by atoms with Gasteiger partial charge in [-0.2, -0.15) is 0 Å². The van der Waals surface area contributed by atoms with Crippen LogP contribution in [-0.2, 0) is 9.59 Å². The zero-order valence-electron chi connectivity index (χ0n) is 11.0. The van der Waals surface area contributed by atoms with Crippen LogP contribution in [0.5, 0.6) is 5.75 Å². The van der Waals surface area contributed by atoms with Crippen molar-refractivity contribution in [1.82, 2.24) is 0 Å². The quantitative estimate of drug-likeness (QED) is 0.716. The van der Waals surface area contributed by atoms with E-state index in [1.807, 2.05) is 13.8 Å². The van der Waals surface area contributed by atoms with E-state index < -0.39 is 24.3 Å². The van der Waals surface area contributed by atoms with Crippen molar-refractivity contribution in [1.29, 1.82) is 0 Å². The van der Waals surface area contributed by atoms with Crippen LogP contribution in [0.25, 0.3) is 0 Å². The first kappa shape index (κ1) is 15.0. The molecule has 0 aromatic heterocycles. The predicted octanol–water partition coefficient (Wildman–Crippen LogP) is 1.13. The highest BCUT2D eigenvalue weighted by Crippen LogP contribution is 2.21. The molecule has 0 saturated heterocycles. The zero-order valence-corrected chi connectivity index (χ0v) is 11.0. The van der Waals surface area contributed by atoms with E-state index in [0.29, 0.717) is 18.0 Å². The van der Waals surface area contributed by atoms with Gasteiger partial charge in [0.05, 0.1) is 19.1 Å². The van der Waals surface area contributed by atoms with Gasteiger partial charge in [-0.15, -0.1) is 0 Å². The van der Waals surface area contributed by atoms with Crippen molar-refractivity contribution in [3.8, 4) is 5.75 Å². The van der Waals surface area contributed by atoms with Crippen molar-refractivity contribution < 1.29 is 19.4 Å². The standard InChI is InChI=1S/C13H18N2O4/c1-3-19-9-4-5-11(8(2)6-9)15-13(18)10(14)7-12(16)17/h4-6,10H,3,7,14H2,1-2H3,(H,15,18)(H,16,17). The Bertz CT molecular complexity index is 474. The average Bonchev–Trinajstić information content (AvgIpc) is 2.32. The van der Waals surface area contributed by atoms with Crippen molar-refractivity contribution in [3.05, 3.63) is 23.8 Å². The number of ether oxygens (including phenoxy) is 1. The van der Waals surface area contributed by atoms with Crippen molar-refractivity contribution in [3.63, 3.8) is 0 Å². The van der Waals surface area contributed by atoms with E-state index >= 15 is 0 Å². The molecule has 0 aliphatic rings. The van der Waals surface area contributed by atoms with Crippen molar-refractivity contribution >= 4 is 17.6 Å². The Kier molecular flexibility index (Phi) is 5.32. The van der Waals surface area contributed by atoms with Crippen LogP contribution in [0.4, 0.5) is 5.69 Å². The monoisotopic (exact) mass is 266 g/mol. The second-order valence-corrected chi connectivity index (χ2v) is 4.10. The fourth-order valence-corrected chi connectivity index (χ4v) is 1.54. The Balaban J connectivity index is 2.71. The molecule has 1 rings (SSSR count). The highest BCUT2D eigenvalue weighted by molar-refractivity contribution is 5.97. The van der Waals surface area contributed by atoms with E-state index in [1.165, 1.54) is 0 Å². The van der Waals surface area contributed by atoms with Gasteiger partial charge in [-0.05, 0) is 37.6 Å². The van der Waals surface area contributed by atoms with Gasteiger partial charge in [0, 0.05) is 5.69 Å². The molecule has 0 saturated carbocycles. The van der Waals surface area contributed by atoms with Gasteiger partial charge in [0.1, 0.15) is 5.75 Å². The second-order valence-electron chi connectivity index (χ2n) is 4.10. The molecule has 0 heterocycles. The number of anilines is 1. The lowest BCUT2D eigenvalue weighted by Gasteiger charge is -2.13. The predicted molar refractivity (Wildman–Crippen MR) is 71.2 cm³/mol. The Hall–Kier alpha value is -2.08. The molecule has 1 aromatic carbocycles. The number of benzene rings is 1. The van der Waals surface area contributed by atoms with Gasteiger partial charge >= 0.3 is 5.97 Å². The Morgan fingerprint density at radius 2 is 2.16 bits per heavy atom. The number of nitrogens with one attached hydrogen (secondary N) is 1. The van der Waals surface area contributed by atoms with Crippen LogP contribution < -0.4 is 15.8 Å². The van der Waals surface area contributed by atoms with Gasteiger partial charge in [-0.1, -0.05) is 0 Å². The van der Waals surface area contributed by atoms with Crippen molar-refractivity contribution in [2.75, 3.05) is 11.9 Å². The summed E-state index contributed by atoms with van der Waals surface area (Å²) in [7, 11) is 0. The Morgan fingerprint density at radius 3 is 2.68 bits per heavy atom. The lowest BCUT2D eigenvalue weighted by atomic mass is 10.1. The summed E-state index contributed by atoms with van der Waals surface area (Å²) < 4.78 is 5.33. The van der Waals surface area contributed by atoms with Gasteiger partial charge in [-0.3, -0.25) is 9.59 Å². The van der Waals surface area contributed by atoms with Crippen LogP contribution in [-0.4, -0.2) is 29.6 Å². The van der Waals surface area contributed by atoms with E-state index in [1.54, 1.807) is 18.2 Å². The molecule has 6 nitrogen and oxygen atoms in total. The maximum atomic E-state index is 11.7. The molecular formula is C13H18N2O4. The van der Waals surface area contributed by atoms with Crippen LogP contribution in [0, 0.1) is 6.92 Å². The number of carboxylic acid groups (broad SMARTS) is 1. The summed E-state index contributed by atoms with van der Waals surface area (Å²) in [5, 5.41) is 11.2. The van der Waals surface area contributed by atoms with Crippen LogP contribution in [0.1, 0.15) is 18.9 Å². The average molecular weight is 266 g/mol. The summed E-state index contributed by atoms with van der Waals surface area (Å²) in [6.07, 6.45) is -0.401. The third kappa shape index (κ3) is 4.59. The first-order chi connectivity index (χ1) is 8.93. The zero-order chi connectivity index (χ0) is 14.4. The summed E-state index contributed by atoms with van der Waals surface area (Å²) in [4.78, 5) is 22.2. The van der Waals surface area contributed by atoms with E-state index in [4.69, 9.17) is 15.6 Å². The minimum atomic E-state index is -1.11. The first-order valence-electron chi connectivity index (χ1n) is 5.95. The van der Waals surface area contributed by atoms with Crippen molar-refractivity contribution in [2.45, 2.75) is 26.3 Å². The molecule has 104 valence electrons. The summed E-state index contributed by atoms with van der Waals surface area (Å²) in [6, 6.07) is 4.16. The molecule has 4 N–H and O–H groups in total. The number of carbonyl (C=O) groups excluding carboxylic acids is 1. The lowest BCUT2D eigenvalue weighted by molar-refractivity contribution is -0.138. The maximum absolute atomic E-state index is 11.7. The number of aliphatic carboxylic acids is 1. The molecule has 1 amide bonds. The highest BCUT2D eigenvalue weighted by Gasteiger charge is 2.17. The Labute approximate surface area is 111 Å². The minimum absolute atomic E-state index is 0.401. The molecule has 0 aliphatic heterocycles. The van der Waals surface area contributed by atoms with Gasteiger partial charge in [0.2, 0.25) is 5.91 Å². The van der Waals surface area contributed by atoms with Gasteiger partial charge in [0.25, 0.3) is 0 Å². The molecular weight excluding hydrogens is 248 g/mol. The number of hydrogen-bond donors (Lipinski definition) is 3. The maximum Gasteiger partial charge on any atom is 0.305 e. The molecule has 1 unspecified atom stereocenters. The van der Waals surface area contributed by atoms with Crippen LogP contribution in [0.2, 0.25) is 0 Å². The number of aryl methyl sites for hydroxylation is 1. The fraction of sp³-hybridized carbons (Fsp3) is 0.385. The summed E-state index contributed by atoms with van der Waals surface area (Å²) in [5.41, 5.74) is 6.89. The molecule has 0 radical (unpaired) electrons. The summed E-state index contributed by atoms with van der Waals surface area (Å²) >= 11 is 0. The molecule has 6 heteroatoms.